The van der Waals surface area contributed by atoms with Crippen LogP contribution in [0.15, 0.2) is 0 Å². The van der Waals surface area contributed by atoms with Crippen LogP contribution in [0.25, 0.3) is 0 Å². The summed E-state index contributed by atoms with van der Waals surface area (Å²) in [4.78, 5) is 38.5. The third-order valence-electron chi connectivity index (χ3n) is 17.4. The molecule has 6 nitrogen and oxygen atoms in total. The molecule has 0 heterocycles. The monoisotopic (exact) mass is 1130 g/mol. The highest BCUT2D eigenvalue weighted by atomic mass is 16.6. The Morgan fingerprint density at radius 3 is 0.500 bits per heavy atom. The van der Waals surface area contributed by atoms with Crippen molar-refractivity contribution in [2.24, 2.45) is 0 Å². The highest BCUT2D eigenvalue weighted by molar-refractivity contribution is 5.71. The van der Waals surface area contributed by atoms with Crippen molar-refractivity contribution in [3.63, 3.8) is 0 Å². The maximum absolute atomic E-state index is 13.0. The largest absolute Gasteiger partial charge is 0.462 e. The molecule has 0 aliphatic heterocycles. The van der Waals surface area contributed by atoms with Gasteiger partial charge in [-0.15, -0.1) is 0 Å². The van der Waals surface area contributed by atoms with Crippen molar-refractivity contribution in [1.82, 2.24) is 0 Å². The van der Waals surface area contributed by atoms with E-state index in [0.717, 1.165) is 57.8 Å². The zero-order valence-corrected chi connectivity index (χ0v) is 54.9. The van der Waals surface area contributed by atoms with Gasteiger partial charge in [0.15, 0.2) is 6.10 Å². The minimum Gasteiger partial charge on any atom is -0.462 e. The maximum atomic E-state index is 13.0. The van der Waals surface area contributed by atoms with Gasteiger partial charge < -0.3 is 14.2 Å². The summed E-state index contributed by atoms with van der Waals surface area (Å²) in [6.45, 7) is 6.75. The van der Waals surface area contributed by atoms with Crippen molar-refractivity contribution in [3.8, 4) is 0 Å². The van der Waals surface area contributed by atoms with Gasteiger partial charge >= 0.3 is 17.9 Å². The van der Waals surface area contributed by atoms with Crippen molar-refractivity contribution in [2.75, 3.05) is 13.2 Å². The van der Waals surface area contributed by atoms with Crippen molar-refractivity contribution in [3.05, 3.63) is 0 Å². The lowest BCUT2D eigenvalue weighted by molar-refractivity contribution is -0.167. The lowest BCUT2D eigenvalue weighted by atomic mass is 10.0. The second-order valence-corrected chi connectivity index (χ2v) is 25.6. The average Bonchev–Trinajstić information content (AvgIpc) is 3.46. The summed E-state index contributed by atoms with van der Waals surface area (Å²) >= 11 is 0. The van der Waals surface area contributed by atoms with E-state index in [1.54, 1.807) is 0 Å². The quantitative estimate of drug-likeness (QED) is 0.0343. The van der Waals surface area contributed by atoms with E-state index >= 15 is 0 Å². The fourth-order valence-electron chi connectivity index (χ4n) is 11.8. The predicted molar refractivity (Wildman–Crippen MR) is 349 cm³/mol. The molecule has 0 aromatic rings. The van der Waals surface area contributed by atoms with Crippen LogP contribution in [0.4, 0.5) is 0 Å². The standard InChI is InChI=1S/C74H144O6/c1-4-7-10-13-16-19-22-25-28-30-32-34-36-38-39-41-43-46-49-52-55-58-61-64-67-73(76)79-70-71(69-78-72(75)66-63-60-57-54-51-48-45-27-24-21-18-15-12-9-6-3)80-74(77)68-65-62-59-56-53-50-47-44-42-40-37-35-33-31-29-26-23-20-17-14-11-8-5-2/h71H,4-70H2,1-3H3. The SMILES string of the molecule is CCCCCCCCCCCCCCCCCCCCCCCCCCC(=O)OCC(COC(=O)CCCCCCCCCCCCCCCCC)OC(=O)CCCCCCCCCCCCCCCCCCCCCCCCC. The number of hydrogen-bond acceptors (Lipinski definition) is 6. The molecule has 0 aliphatic carbocycles. The van der Waals surface area contributed by atoms with Gasteiger partial charge in [-0.2, -0.15) is 0 Å². The fourth-order valence-corrected chi connectivity index (χ4v) is 11.8. The molecule has 0 saturated heterocycles. The van der Waals surface area contributed by atoms with E-state index in [1.165, 1.54) is 340 Å². The summed E-state index contributed by atoms with van der Waals surface area (Å²) in [6, 6.07) is 0. The summed E-state index contributed by atoms with van der Waals surface area (Å²) in [5.41, 5.74) is 0. The Balaban J connectivity index is 4.21. The molecule has 0 N–H and O–H groups in total. The summed E-state index contributed by atoms with van der Waals surface area (Å²) < 4.78 is 17.0. The third kappa shape index (κ3) is 67.2. The van der Waals surface area contributed by atoms with Gasteiger partial charge in [-0.05, 0) is 19.3 Å². The van der Waals surface area contributed by atoms with E-state index in [-0.39, 0.29) is 31.1 Å². The highest BCUT2D eigenvalue weighted by Gasteiger charge is 2.20. The van der Waals surface area contributed by atoms with Crippen molar-refractivity contribution in [2.45, 2.75) is 444 Å². The van der Waals surface area contributed by atoms with Crippen LogP contribution in [0.1, 0.15) is 438 Å². The van der Waals surface area contributed by atoms with Gasteiger partial charge in [0.1, 0.15) is 13.2 Å². The van der Waals surface area contributed by atoms with Crippen LogP contribution in [-0.4, -0.2) is 37.2 Å². The number of carbonyl (C=O) groups is 3. The van der Waals surface area contributed by atoms with Crippen LogP contribution in [0, 0.1) is 0 Å². The molecular formula is C74H144O6. The molecule has 1 unspecified atom stereocenters. The van der Waals surface area contributed by atoms with Gasteiger partial charge in [0, 0.05) is 19.3 Å². The summed E-state index contributed by atoms with van der Waals surface area (Å²) in [7, 11) is 0. The highest BCUT2D eigenvalue weighted by Crippen LogP contribution is 2.20. The first-order valence-electron chi connectivity index (χ1n) is 37.0. The Morgan fingerprint density at radius 2 is 0.338 bits per heavy atom. The molecule has 0 radical (unpaired) electrons. The molecule has 0 amide bonds. The first kappa shape index (κ1) is 78.4. The van der Waals surface area contributed by atoms with Crippen LogP contribution in [0.5, 0.6) is 0 Å². The number of carbonyl (C=O) groups excluding carboxylic acids is 3. The Labute approximate surface area is 501 Å². The van der Waals surface area contributed by atoms with Gasteiger partial charge in [-0.1, -0.05) is 400 Å². The van der Waals surface area contributed by atoms with E-state index in [0.29, 0.717) is 19.3 Å². The lowest BCUT2D eigenvalue weighted by Crippen LogP contribution is -2.30. The Bertz CT molecular complexity index is 1200. The molecule has 476 valence electrons. The topological polar surface area (TPSA) is 78.9 Å². The molecule has 6 heteroatoms. The molecule has 0 fully saturated rings. The second-order valence-electron chi connectivity index (χ2n) is 25.6. The Kier molecular flexibility index (Phi) is 68.5. The molecule has 0 spiro atoms. The van der Waals surface area contributed by atoms with Gasteiger partial charge in [-0.25, -0.2) is 0 Å². The molecule has 0 aromatic heterocycles. The van der Waals surface area contributed by atoms with E-state index in [9.17, 15) is 14.4 Å². The van der Waals surface area contributed by atoms with Crippen molar-refractivity contribution in [1.29, 1.82) is 0 Å². The third-order valence-corrected chi connectivity index (χ3v) is 17.4. The number of hydrogen-bond donors (Lipinski definition) is 0. The van der Waals surface area contributed by atoms with Crippen LogP contribution in [-0.2, 0) is 28.6 Å². The lowest BCUT2D eigenvalue weighted by Gasteiger charge is -2.18. The van der Waals surface area contributed by atoms with Crippen LogP contribution in [0.3, 0.4) is 0 Å². The molecule has 0 saturated carbocycles. The molecule has 0 aromatic carbocycles. The zero-order chi connectivity index (χ0) is 57.8. The molecule has 0 rings (SSSR count). The Morgan fingerprint density at radius 1 is 0.200 bits per heavy atom. The summed E-state index contributed by atoms with van der Waals surface area (Å²) in [6.07, 6.45) is 82.9. The minimum absolute atomic E-state index is 0.0599. The molecule has 0 aliphatic rings. The number of ether oxygens (including phenoxy) is 3. The van der Waals surface area contributed by atoms with Gasteiger partial charge in [0.2, 0.25) is 0 Å². The van der Waals surface area contributed by atoms with E-state index in [1.807, 2.05) is 0 Å². The number of unbranched alkanes of at least 4 members (excludes halogenated alkanes) is 59. The van der Waals surface area contributed by atoms with Crippen LogP contribution in [0.2, 0.25) is 0 Å². The first-order valence-corrected chi connectivity index (χ1v) is 37.0. The number of esters is 3. The molecular weight excluding hydrogens is 985 g/mol. The van der Waals surface area contributed by atoms with E-state index < -0.39 is 6.10 Å². The zero-order valence-electron chi connectivity index (χ0n) is 54.9. The average molecular weight is 1130 g/mol. The Hall–Kier alpha value is -1.59. The van der Waals surface area contributed by atoms with Crippen LogP contribution >= 0.6 is 0 Å². The normalized spacial score (nSPS) is 11.9. The molecule has 80 heavy (non-hydrogen) atoms. The smallest absolute Gasteiger partial charge is 0.306 e. The van der Waals surface area contributed by atoms with Gasteiger partial charge in [0.05, 0.1) is 0 Å². The number of rotatable bonds is 70. The first-order chi connectivity index (χ1) is 39.5. The maximum Gasteiger partial charge on any atom is 0.306 e. The molecule has 0 bridgehead atoms. The minimum atomic E-state index is -0.764. The van der Waals surface area contributed by atoms with Gasteiger partial charge in [-0.3, -0.25) is 14.4 Å². The van der Waals surface area contributed by atoms with E-state index in [4.69, 9.17) is 14.2 Å². The van der Waals surface area contributed by atoms with Crippen molar-refractivity contribution < 1.29 is 28.6 Å². The second kappa shape index (κ2) is 69.9. The fraction of sp³-hybridized carbons (Fsp3) is 0.959. The predicted octanol–water partition coefficient (Wildman–Crippen LogP) is 25.4. The van der Waals surface area contributed by atoms with E-state index in [2.05, 4.69) is 20.8 Å². The summed E-state index contributed by atoms with van der Waals surface area (Å²) in [5.74, 6) is -0.816. The van der Waals surface area contributed by atoms with Gasteiger partial charge in [0.25, 0.3) is 0 Å². The summed E-state index contributed by atoms with van der Waals surface area (Å²) in [5, 5.41) is 0. The van der Waals surface area contributed by atoms with Crippen molar-refractivity contribution >= 4 is 17.9 Å². The molecule has 1 atom stereocenters. The van der Waals surface area contributed by atoms with Crippen LogP contribution < -0.4 is 0 Å².